The van der Waals surface area contributed by atoms with Crippen LogP contribution in [0.3, 0.4) is 0 Å². The molecule has 2 N–H and O–H groups in total. The van der Waals surface area contributed by atoms with Crippen LogP contribution in [0, 0.1) is 5.92 Å². The third kappa shape index (κ3) is 6.65. The fourth-order valence-corrected chi connectivity index (χ4v) is 1.91. The lowest BCUT2D eigenvalue weighted by Crippen LogP contribution is -2.35. The van der Waals surface area contributed by atoms with E-state index in [1.165, 1.54) is 4.68 Å². The molecular weight excluding hydrogens is 256 g/mol. The third-order valence-electron chi connectivity index (χ3n) is 3.07. The van der Waals surface area contributed by atoms with E-state index >= 15 is 0 Å². The van der Waals surface area contributed by atoms with Gasteiger partial charge in [0.05, 0.1) is 5.69 Å². The summed E-state index contributed by atoms with van der Waals surface area (Å²) in [5.41, 5.74) is 0.805. The van der Waals surface area contributed by atoms with Gasteiger partial charge < -0.3 is 10.4 Å². The van der Waals surface area contributed by atoms with E-state index in [0.29, 0.717) is 18.8 Å². The quantitative estimate of drug-likeness (QED) is 0.712. The average Bonchev–Trinajstić information content (AvgIpc) is 2.81. The van der Waals surface area contributed by atoms with Crippen LogP contribution < -0.4 is 5.32 Å². The van der Waals surface area contributed by atoms with Gasteiger partial charge in [0.15, 0.2) is 0 Å². The van der Waals surface area contributed by atoms with Crippen molar-refractivity contribution in [1.29, 1.82) is 0 Å². The van der Waals surface area contributed by atoms with Crippen LogP contribution in [-0.2, 0) is 17.8 Å². The van der Waals surface area contributed by atoms with Crippen LogP contribution in [0.4, 0.5) is 0 Å². The van der Waals surface area contributed by atoms with Crippen molar-refractivity contribution in [2.45, 2.75) is 59.0 Å². The van der Waals surface area contributed by atoms with Crippen molar-refractivity contribution in [2.75, 3.05) is 6.61 Å². The molecule has 1 rings (SSSR count). The Labute approximate surface area is 120 Å². The van der Waals surface area contributed by atoms with Gasteiger partial charge in [-0.3, -0.25) is 4.79 Å². The lowest BCUT2D eigenvalue weighted by Gasteiger charge is -2.14. The minimum Gasteiger partial charge on any atom is -0.396 e. The fraction of sp³-hybridized carbons (Fsp3) is 0.786. The molecule has 6 heteroatoms. The molecule has 0 fully saturated rings. The normalized spacial score (nSPS) is 12.7. The van der Waals surface area contributed by atoms with E-state index in [9.17, 15) is 4.79 Å². The Morgan fingerprint density at radius 2 is 2.15 bits per heavy atom. The summed E-state index contributed by atoms with van der Waals surface area (Å²) in [7, 11) is 0. The second-order valence-electron chi connectivity index (χ2n) is 5.67. The van der Waals surface area contributed by atoms with Crippen molar-refractivity contribution in [3.63, 3.8) is 0 Å². The topological polar surface area (TPSA) is 80.0 Å². The number of aliphatic hydroxyl groups is 1. The molecule has 0 aliphatic rings. The van der Waals surface area contributed by atoms with Crippen LogP contribution in [0.5, 0.6) is 0 Å². The number of carbonyl (C=O) groups is 1. The number of aryl methyl sites for hydroxylation is 1. The van der Waals surface area contributed by atoms with Gasteiger partial charge >= 0.3 is 0 Å². The maximum atomic E-state index is 11.9. The lowest BCUT2D eigenvalue weighted by atomic mass is 10.0. The first-order chi connectivity index (χ1) is 9.51. The molecule has 0 aliphatic heterocycles. The van der Waals surface area contributed by atoms with Gasteiger partial charge in [-0.2, -0.15) is 0 Å². The minimum absolute atomic E-state index is 0.0418. The highest BCUT2D eigenvalue weighted by molar-refractivity contribution is 5.75. The average molecular weight is 282 g/mol. The Hall–Kier alpha value is -1.43. The Kier molecular flexibility index (Phi) is 7.22. The zero-order valence-corrected chi connectivity index (χ0v) is 12.7. The second-order valence-corrected chi connectivity index (χ2v) is 5.67. The molecule has 1 atom stereocenters. The lowest BCUT2D eigenvalue weighted by molar-refractivity contribution is -0.122. The van der Waals surface area contributed by atoms with Gasteiger partial charge in [0.1, 0.15) is 6.54 Å². The van der Waals surface area contributed by atoms with Crippen molar-refractivity contribution >= 4 is 5.91 Å². The van der Waals surface area contributed by atoms with E-state index in [4.69, 9.17) is 5.11 Å². The highest BCUT2D eigenvalue weighted by Gasteiger charge is 2.10. The maximum absolute atomic E-state index is 11.9. The summed E-state index contributed by atoms with van der Waals surface area (Å²) in [5.74, 6) is 0.610. The SMILES string of the molecule is CC(C)CCC(C)NC(=O)Cn1cc(CCCO)nn1. The molecule has 114 valence electrons. The third-order valence-corrected chi connectivity index (χ3v) is 3.07. The number of aliphatic hydroxyl groups excluding tert-OH is 1. The summed E-state index contributed by atoms with van der Waals surface area (Å²) in [6.07, 6.45) is 5.20. The number of rotatable bonds is 9. The van der Waals surface area contributed by atoms with Crippen molar-refractivity contribution in [2.24, 2.45) is 5.92 Å². The van der Waals surface area contributed by atoms with Crippen LogP contribution >= 0.6 is 0 Å². The molecule has 1 heterocycles. The van der Waals surface area contributed by atoms with Gasteiger partial charge in [-0.25, -0.2) is 4.68 Å². The number of aromatic nitrogens is 3. The fourth-order valence-electron chi connectivity index (χ4n) is 1.91. The molecule has 0 bridgehead atoms. The molecule has 1 aromatic rings. The molecule has 0 radical (unpaired) electrons. The number of amides is 1. The van der Waals surface area contributed by atoms with Gasteiger partial charge in [0, 0.05) is 18.8 Å². The highest BCUT2D eigenvalue weighted by atomic mass is 16.2. The van der Waals surface area contributed by atoms with Gasteiger partial charge in [-0.05, 0) is 38.5 Å². The standard InChI is InChI=1S/C14H26N4O2/c1-11(2)6-7-12(3)15-14(20)10-18-9-13(16-17-18)5-4-8-19/h9,11-12,19H,4-8,10H2,1-3H3,(H,15,20). The van der Waals surface area contributed by atoms with E-state index in [2.05, 4.69) is 29.5 Å². The van der Waals surface area contributed by atoms with E-state index in [-0.39, 0.29) is 25.1 Å². The van der Waals surface area contributed by atoms with Crippen LogP contribution in [0.1, 0.15) is 45.7 Å². The molecule has 0 spiro atoms. The molecule has 0 aromatic carbocycles. The molecule has 1 amide bonds. The van der Waals surface area contributed by atoms with E-state index in [0.717, 1.165) is 18.5 Å². The Balaban J connectivity index is 2.32. The van der Waals surface area contributed by atoms with Crippen LogP contribution in [0.15, 0.2) is 6.20 Å². The van der Waals surface area contributed by atoms with Crippen molar-refractivity contribution in [3.05, 3.63) is 11.9 Å². The molecule has 6 nitrogen and oxygen atoms in total. The summed E-state index contributed by atoms with van der Waals surface area (Å²) in [5, 5.41) is 19.6. The maximum Gasteiger partial charge on any atom is 0.242 e. The molecule has 0 saturated carbocycles. The van der Waals surface area contributed by atoms with Crippen LogP contribution in [0.25, 0.3) is 0 Å². The number of carbonyl (C=O) groups excluding carboxylic acids is 1. The van der Waals surface area contributed by atoms with Crippen molar-refractivity contribution < 1.29 is 9.90 Å². The number of nitrogens with zero attached hydrogens (tertiary/aromatic N) is 3. The van der Waals surface area contributed by atoms with Gasteiger partial charge in [-0.15, -0.1) is 5.10 Å². The molecule has 1 unspecified atom stereocenters. The van der Waals surface area contributed by atoms with Crippen LogP contribution in [0.2, 0.25) is 0 Å². The van der Waals surface area contributed by atoms with Gasteiger partial charge in [0.25, 0.3) is 0 Å². The summed E-state index contributed by atoms with van der Waals surface area (Å²) < 4.78 is 1.54. The number of hydrogen-bond acceptors (Lipinski definition) is 4. The molecule has 0 aliphatic carbocycles. The molecular formula is C14H26N4O2. The van der Waals surface area contributed by atoms with Crippen molar-refractivity contribution in [1.82, 2.24) is 20.3 Å². The van der Waals surface area contributed by atoms with Gasteiger partial charge in [0.2, 0.25) is 5.91 Å². The first-order valence-electron chi connectivity index (χ1n) is 7.30. The summed E-state index contributed by atoms with van der Waals surface area (Å²) >= 11 is 0. The van der Waals surface area contributed by atoms with Crippen LogP contribution in [-0.4, -0.2) is 38.7 Å². The summed E-state index contributed by atoms with van der Waals surface area (Å²) in [6.45, 7) is 6.71. The zero-order valence-electron chi connectivity index (χ0n) is 12.7. The summed E-state index contributed by atoms with van der Waals surface area (Å²) in [6, 6.07) is 0.183. The first-order valence-corrected chi connectivity index (χ1v) is 7.30. The monoisotopic (exact) mass is 282 g/mol. The summed E-state index contributed by atoms with van der Waals surface area (Å²) in [4.78, 5) is 11.9. The molecule has 20 heavy (non-hydrogen) atoms. The smallest absolute Gasteiger partial charge is 0.242 e. The predicted molar refractivity (Wildman–Crippen MR) is 77.1 cm³/mol. The minimum atomic E-state index is -0.0418. The van der Waals surface area contributed by atoms with Gasteiger partial charge in [-0.1, -0.05) is 19.1 Å². The number of nitrogens with one attached hydrogen (secondary N) is 1. The Bertz CT molecular complexity index is 404. The Morgan fingerprint density at radius 1 is 1.40 bits per heavy atom. The zero-order chi connectivity index (χ0) is 15.0. The van der Waals surface area contributed by atoms with Crippen molar-refractivity contribution in [3.8, 4) is 0 Å². The Morgan fingerprint density at radius 3 is 2.80 bits per heavy atom. The molecule has 1 aromatic heterocycles. The largest absolute Gasteiger partial charge is 0.396 e. The van der Waals surface area contributed by atoms with E-state index in [1.54, 1.807) is 6.20 Å². The number of hydrogen-bond donors (Lipinski definition) is 2. The first kappa shape index (κ1) is 16.6. The predicted octanol–water partition coefficient (Wildman–Crippen LogP) is 1.14. The second kappa shape index (κ2) is 8.68. The van der Waals surface area contributed by atoms with E-state index in [1.807, 2.05) is 6.92 Å². The highest BCUT2D eigenvalue weighted by Crippen LogP contribution is 2.06. The molecule has 0 saturated heterocycles. The van der Waals surface area contributed by atoms with E-state index < -0.39 is 0 Å².